The Hall–Kier alpha value is -2.36. The maximum Gasteiger partial charge on any atom is 0.280 e. The third kappa shape index (κ3) is 4.32. The molecular formula is C18H23N3O. The minimum absolute atomic E-state index is 0.221. The normalized spacial score (nSPS) is 18.7. The molecule has 0 aromatic heterocycles. The Bertz CT molecular complexity index is 660. The third-order valence-corrected chi connectivity index (χ3v) is 3.61. The summed E-state index contributed by atoms with van der Waals surface area (Å²) in [7, 11) is 0. The summed E-state index contributed by atoms with van der Waals surface area (Å²) in [5.74, 6) is -0.644. The minimum atomic E-state index is -0.422. The van der Waals surface area contributed by atoms with Crippen molar-refractivity contribution in [1.82, 2.24) is 0 Å². The molecule has 1 amide bonds. The first kappa shape index (κ1) is 16.0. The lowest BCUT2D eigenvalue weighted by molar-refractivity contribution is 0.100. The molecule has 0 spiro atoms. The minimum Gasteiger partial charge on any atom is -0.370 e. The van der Waals surface area contributed by atoms with Gasteiger partial charge in [-0.15, -0.1) is 0 Å². The van der Waals surface area contributed by atoms with Crippen molar-refractivity contribution in [3.8, 4) is 0 Å². The van der Waals surface area contributed by atoms with E-state index in [0.29, 0.717) is 11.0 Å². The monoisotopic (exact) mass is 297 g/mol. The largest absolute Gasteiger partial charge is 0.370 e. The maximum atomic E-state index is 11.7. The molecule has 2 rings (SSSR count). The van der Waals surface area contributed by atoms with Gasteiger partial charge in [0.2, 0.25) is 0 Å². The van der Waals surface area contributed by atoms with Crippen LogP contribution >= 0.6 is 0 Å². The first-order valence-electron chi connectivity index (χ1n) is 7.37. The Morgan fingerprint density at radius 3 is 2.36 bits per heavy atom. The number of hydrogen-bond acceptors (Lipinski definition) is 1. The maximum absolute atomic E-state index is 11.7. The highest BCUT2D eigenvalue weighted by atomic mass is 16.1. The summed E-state index contributed by atoms with van der Waals surface area (Å²) in [5, 5.41) is 0. The van der Waals surface area contributed by atoms with Gasteiger partial charge in [-0.1, -0.05) is 43.7 Å². The van der Waals surface area contributed by atoms with E-state index in [9.17, 15) is 4.79 Å². The zero-order valence-electron chi connectivity index (χ0n) is 13.4. The standard InChI is InChI=1S/C18H23N3O/c1-12-8-14(11-18(2,3)10-12)9-13-4-6-15(7-5-13)16(22)21-17(19)20/h4-9H,10-11H2,1-3H3,(H4,19,20,21,22)/b14-9+. The van der Waals surface area contributed by atoms with Gasteiger partial charge in [-0.2, -0.15) is 4.99 Å². The van der Waals surface area contributed by atoms with E-state index < -0.39 is 5.91 Å². The Morgan fingerprint density at radius 1 is 1.18 bits per heavy atom. The second-order valence-corrected chi connectivity index (χ2v) is 6.69. The topological polar surface area (TPSA) is 81.5 Å². The first-order valence-corrected chi connectivity index (χ1v) is 7.37. The van der Waals surface area contributed by atoms with Gasteiger partial charge in [0.05, 0.1) is 0 Å². The van der Waals surface area contributed by atoms with Gasteiger partial charge in [-0.3, -0.25) is 4.79 Å². The van der Waals surface area contributed by atoms with Gasteiger partial charge >= 0.3 is 0 Å². The second-order valence-electron chi connectivity index (χ2n) is 6.69. The summed E-state index contributed by atoms with van der Waals surface area (Å²) in [6.07, 6.45) is 6.61. The number of nitrogens with two attached hydrogens (primary N) is 2. The Labute approximate surface area is 131 Å². The number of amides is 1. The molecule has 0 bridgehead atoms. The van der Waals surface area contributed by atoms with Crippen molar-refractivity contribution in [3.63, 3.8) is 0 Å². The number of aliphatic imine (C=N–C) groups is 1. The third-order valence-electron chi connectivity index (χ3n) is 3.61. The Balaban J connectivity index is 2.21. The van der Waals surface area contributed by atoms with Crippen molar-refractivity contribution in [2.75, 3.05) is 0 Å². The predicted octanol–water partition coefficient (Wildman–Crippen LogP) is 3.25. The van der Waals surface area contributed by atoms with Crippen molar-refractivity contribution in [3.05, 3.63) is 52.6 Å². The predicted molar refractivity (Wildman–Crippen MR) is 91.3 cm³/mol. The molecule has 1 aliphatic carbocycles. The van der Waals surface area contributed by atoms with Crippen molar-refractivity contribution in [2.45, 2.75) is 33.6 Å². The molecule has 0 fully saturated rings. The summed E-state index contributed by atoms with van der Waals surface area (Å²) in [5.41, 5.74) is 15.0. The van der Waals surface area contributed by atoms with Crippen LogP contribution in [0.25, 0.3) is 6.08 Å². The number of allylic oxidation sites excluding steroid dienone is 3. The zero-order chi connectivity index (χ0) is 16.3. The molecule has 0 saturated heterocycles. The smallest absolute Gasteiger partial charge is 0.280 e. The van der Waals surface area contributed by atoms with E-state index >= 15 is 0 Å². The van der Waals surface area contributed by atoms with Gasteiger partial charge in [-0.05, 0) is 48.4 Å². The van der Waals surface area contributed by atoms with Crippen LogP contribution in [-0.2, 0) is 0 Å². The van der Waals surface area contributed by atoms with Crippen LogP contribution < -0.4 is 11.5 Å². The van der Waals surface area contributed by atoms with E-state index in [1.807, 2.05) is 12.1 Å². The highest BCUT2D eigenvalue weighted by molar-refractivity contribution is 6.01. The molecule has 0 radical (unpaired) electrons. The molecule has 1 aromatic carbocycles. The van der Waals surface area contributed by atoms with E-state index in [4.69, 9.17) is 11.5 Å². The van der Waals surface area contributed by atoms with Crippen molar-refractivity contribution in [1.29, 1.82) is 0 Å². The molecule has 0 saturated carbocycles. The lowest BCUT2D eigenvalue weighted by Crippen LogP contribution is -2.24. The number of benzene rings is 1. The van der Waals surface area contributed by atoms with Gasteiger partial charge in [0, 0.05) is 5.56 Å². The summed E-state index contributed by atoms with van der Waals surface area (Å²) in [6.45, 7) is 6.74. The average Bonchev–Trinajstić information content (AvgIpc) is 2.36. The fraction of sp³-hybridized carbons (Fsp3) is 0.333. The van der Waals surface area contributed by atoms with E-state index in [-0.39, 0.29) is 5.96 Å². The SMILES string of the molecule is CC1=C/C(=C\c2ccc(C(=O)N=C(N)N)cc2)CC(C)(C)C1. The zero-order valence-corrected chi connectivity index (χ0v) is 13.4. The quantitative estimate of drug-likeness (QED) is 0.649. The Morgan fingerprint density at radius 2 is 1.82 bits per heavy atom. The van der Waals surface area contributed by atoms with Crippen LogP contribution in [-0.4, -0.2) is 11.9 Å². The van der Waals surface area contributed by atoms with Gasteiger partial charge in [0.25, 0.3) is 5.91 Å². The molecule has 116 valence electrons. The van der Waals surface area contributed by atoms with E-state index in [1.54, 1.807) is 12.1 Å². The van der Waals surface area contributed by atoms with Gasteiger partial charge in [-0.25, -0.2) is 0 Å². The molecule has 4 N–H and O–H groups in total. The lowest BCUT2D eigenvalue weighted by atomic mass is 9.75. The molecule has 0 heterocycles. The highest BCUT2D eigenvalue weighted by Gasteiger charge is 2.23. The highest BCUT2D eigenvalue weighted by Crippen LogP contribution is 2.38. The second kappa shape index (κ2) is 6.18. The van der Waals surface area contributed by atoms with Crippen molar-refractivity contribution >= 4 is 17.9 Å². The fourth-order valence-electron chi connectivity index (χ4n) is 3.00. The molecule has 22 heavy (non-hydrogen) atoms. The van der Waals surface area contributed by atoms with Gasteiger partial charge in [0.15, 0.2) is 5.96 Å². The molecule has 1 aliphatic rings. The van der Waals surface area contributed by atoms with Crippen molar-refractivity contribution < 1.29 is 4.79 Å². The van der Waals surface area contributed by atoms with E-state index in [1.165, 1.54) is 11.1 Å². The fourth-order valence-corrected chi connectivity index (χ4v) is 3.00. The summed E-state index contributed by atoms with van der Waals surface area (Å²) in [6, 6.07) is 7.30. The van der Waals surface area contributed by atoms with Crippen LogP contribution in [0.15, 0.2) is 46.5 Å². The van der Waals surface area contributed by atoms with E-state index in [2.05, 4.69) is 37.9 Å². The molecule has 4 heteroatoms. The molecule has 1 aromatic rings. The Kier molecular flexibility index (Phi) is 4.50. The summed E-state index contributed by atoms with van der Waals surface area (Å²) >= 11 is 0. The first-order chi connectivity index (χ1) is 10.2. The van der Waals surface area contributed by atoms with Crippen molar-refractivity contribution in [2.24, 2.45) is 21.9 Å². The molecule has 4 nitrogen and oxygen atoms in total. The van der Waals surface area contributed by atoms with Crippen LogP contribution in [0.3, 0.4) is 0 Å². The lowest BCUT2D eigenvalue weighted by Gasteiger charge is -2.30. The molecule has 0 atom stereocenters. The van der Waals surface area contributed by atoms with E-state index in [0.717, 1.165) is 18.4 Å². The molecular weight excluding hydrogens is 274 g/mol. The van der Waals surface area contributed by atoms with Crippen LogP contribution in [0.4, 0.5) is 0 Å². The molecule has 0 unspecified atom stereocenters. The number of carbonyl (C=O) groups is 1. The number of guanidine groups is 1. The average molecular weight is 297 g/mol. The van der Waals surface area contributed by atoms with Gasteiger partial charge in [0.1, 0.15) is 0 Å². The number of carbonyl (C=O) groups excluding carboxylic acids is 1. The van der Waals surface area contributed by atoms with Gasteiger partial charge < -0.3 is 11.5 Å². The van der Waals surface area contributed by atoms with Crippen LogP contribution in [0.2, 0.25) is 0 Å². The number of nitrogens with zero attached hydrogens (tertiary/aromatic N) is 1. The number of rotatable bonds is 2. The summed E-state index contributed by atoms with van der Waals surface area (Å²) < 4.78 is 0. The number of hydrogen-bond donors (Lipinski definition) is 2. The van der Waals surface area contributed by atoms with Crippen LogP contribution in [0, 0.1) is 5.41 Å². The molecule has 0 aliphatic heterocycles. The summed E-state index contributed by atoms with van der Waals surface area (Å²) in [4.78, 5) is 15.2. The van der Waals surface area contributed by atoms with Crippen LogP contribution in [0.1, 0.15) is 49.5 Å². The van der Waals surface area contributed by atoms with Crippen LogP contribution in [0.5, 0.6) is 0 Å².